The highest BCUT2D eigenvalue weighted by Crippen LogP contribution is 2.17. The number of ether oxygens (including phenoxy) is 2. The van der Waals surface area contributed by atoms with Crippen molar-refractivity contribution in [1.82, 2.24) is 30.3 Å². The molecule has 1 aliphatic rings. The van der Waals surface area contributed by atoms with Gasteiger partial charge in [0.25, 0.3) is 0 Å². The van der Waals surface area contributed by atoms with Gasteiger partial charge in [0.1, 0.15) is 11.6 Å². The van der Waals surface area contributed by atoms with E-state index in [0.717, 1.165) is 73.9 Å². The fraction of sp³-hybridized carbons (Fsp3) is 0.571. The van der Waals surface area contributed by atoms with Crippen molar-refractivity contribution in [2.75, 3.05) is 46.5 Å². The number of benzene rings is 1. The minimum absolute atomic E-state index is 0. The Morgan fingerprint density at radius 1 is 1.16 bits per heavy atom. The van der Waals surface area contributed by atoms with Crippen molar-refractivity contribution in [2.24, 2.45) is 12.0 Å². The second-order valence-electron chi connectivity index (χ2n) is 7.48. The highest BCUT2D eigenvalue weighted by Gasteiger charge is 2.11. The van der Waals surface area contributed by atoms with Gasteiger partial charge in [-0.1, -0.05) is 6.07 Å². The smallest absolute Gasteiger partial charge is 0.192 e. The first kappa shape index (κ1) is 25.3. The Morgan fingerprint density at radius 3 is 2.61 bits per heavy atom. The van der Waals surface area contributed by atoms with E-state index in [2.05, 4.69) is 38.7 Å². The first-order valence-electron chi connectivity index (χ1n) is 10.4. The summed E-state index contributed by atoms with van der Waals surface area (Å²) < 4.78 is 12.8. The standard InChI is InChI=1S/C21H33N7O2.HI/c1-16-11-18(13-19(12-16)29-4)14-23-21(22-5-6-28-7-9-30-10-8-28)24-15-20-26-25-17(2)27(20)3;/h11-13H,5-10,14-15H2,1-4H3,(H2,22,23,24);1H. The van der Waals surface area contributed by atoms with Gasteiger partial charge in [0, 0.05) is 33.2 Å². The number of rotatable bonds is 8. The maximum absolute atomic E-state index is 5.42. The summed E-state index contributed by atoms with van der Waals surface area (Å²) in [6, 6.07) is 6.17. The summed E-state index contributed by atoms with van der Waals surface area (Å²) in [6.07, 6.45) is 0. The maximum Gasteiger partial charge on any atom is 0.192 e. The van der Waals surface area contributed by atoms with Crippen molar-refractivity contribution in [3.8, 4) is 5.75 Å². The quantitative estimate of drug-likeness (QED) is 0.297. The third kappa shape index (κ3) is 7.93. The summed E-state index contributed by atoms with van der Waals surface area (Å²) in [7, 11) is 3.65. The summed E-state index contributed by atoms with van der Waals surface area (Å²) in [5.41, 5.74) is 2.26. The molecule has 0 atom stereocenters. The molecular formula is C21H34IN7O2. The van der Waals surface area contributed by atoms with E-state index in [1.165, 1.54) is 0 Å². The average molecular weight is 543 g/mol. The molecule has 1 saturated heterocycles. The second-order valence-corrected chi connectivity index (χ2v) is 7.48. The number of guanidine groups is 1. The molecule has 0 radical (unpaired) electrons. The number of hydrogen-bond donors (Lipinski definition) is 2. The van der Waals surface area contributed by atoms with Crippen molar-refractivity contribution in [2.45, 2.75) is 26.9 Å². The molecule has 0 bridgehead atoms. The minimum atomic E-state index is 0. The van der Waals surface area contributed by atoms with Crippen LogP contribution in [0.3, 0.4) is 0 Å². The summed E-state index contributed by atoms with van der Waals surface area (Å²) in [5, 5.41) is 15.2. The fourth-order valence-electron chi connectivity index (χ4n) is 3.30. The first-order chi connectivity index (χ1) is 14.5. The maximum atomic E-state index is 5.42. The van der Waals surface area contributed by atoms with Crippen LogP contribution in [0.15, 0.2) is 23.2 Å². The molecule has 0 unspecified atom stereocenters. The van der Waals surface area contributed by atoms with E-state index >= 15 is 0 Å². The van der Waals surface area contributed by atoms with Gasteiger partial charge in [-0.3, -0.25) is 4.90 Å². The molecule has 3 rings (SSSR count). The second kappa shape index (κ2) is 12.8. The van der Waals surface area contributed by atoms with Gasteiger partial charge in [0.05, 0.1) is 33.4 Å². The molecule has 31 heavy (non-hydrogen) atoms. The van der Waals surface area contributed by atoms with Crippen molar-refractivity contribution in [3.63, 3.8) is 0 Å². The number of aromatic nitrogens is 3. The normalized spacial score (nSPS) is 14.8. The molecular weight excluding hydrogens is 509 g/mol. The van der Waals surface area contributed by atoms with Crippen molar-refractivity contribution < 1.29 is 9.47 Å². The lowest BCUT2D eigenvalue weighted by Crippen LogP contribution is -2.44. The Balaban J connectivity index is 0.00000341. The van der Waals surface area contributed by atoms with Crippen LogP contribution in [0.25, 0.3) is 0 Å². The van der Waals surface area contributed by atoms with E-state index < -0.39 is 0 Å². The zero-order valence-electron chi connectivity index (χ0n) is 18.8. The van der Waals surface area contributed by atoms with Gasteiger partial charge in [0.15, 0.2) is 11.8 Å². The Kier molecular flexibility index (Phi) is 10.5. The van der Waals surface area contributed by atoms with Gasteiger partial charge in [0.2, 0.25) is 0 Å². The molecule has 0 spiro atoms. The van der Waals surface area contributed by atoms with Crippen LogP contribution in [0.1, 0.15) is 22.8 Å². The summed E-state index contributed by atoms with van der Waals surface area (Å²) in [4.78, 5) is 7.18. The Labute approximate surface area is 201 Å². The third-order valence-corrected chi connectivity index (χ3v) is 5.19. The fourth-order valence-corrected chi connectivity index (χ4v) is 3.30. The van der Waals surface area contributed by atoms with Gasteiger partial charge in [-0.2, -0.15) is 0 Å². The highest BCUT2D eigenvalue weighted by molar-refractivity contribution is 14.0. The van der Waals surface area contributed by atoms with E-state index in [0.29, 0.717) is 13.1 Å². The van der Waals surface area contributed by atoms with Crippen LogP contribution in [-0.4, -0.2) is 72.1 Å². The van der Waals surface area contributed by atoms with Crippen molar-refractivity contribution >= 4 is 29.9 Å². The van der Waals surface area contributed by atoms with E-state index in [9.17, 15) is 0 Å². The van der Waals surface area contributed by atoms with Crippen LogP contribution in [0.5, 0.6) is 5.75 Å². The topological polar surface area (TPSA) is 88.8 Å². The van der Waals surface area contributed by atoms with Crippen LogP contribution in [-0.2, 0) is 24.9 Å². The summed E-state index contributed by atoms with van der Waals surface area (Å²) >= 11 is 0. The highest BCUT2D eigenvalue weighted by atomic mass is 127. The molecule has 9 nitrogen and oxygen atoms in total. The number of nitrogens with zero attached hydrogens (tertiary/aromatic N) is 5. The molecule has 172 valence electrons. The van der Waals surface area contributed by atoms with E-state index in [4.69, 9.17) is 14.5 Å². The molecule has 10 heteroatoms. The Morgan fingerprint density at radius 2 is 1.94 bits per heavy atom. The molecule has 1 aliphatic heterocycles. The van der Waals surface area contributed by atoms with Gasteiger partial charge >= 0.3 is 0 Å². The molecule has 1 fully saturated rings. The molecule has 1 aromatic carbocycles. The van der Waals surface area contributed by atoms with Crippen LogP contribution >= 0.6 is 24.0 Å². The van der Waals surface area contributed by atoms with Crippen LogP contribution < -0.4 is 15.4 Å². The Hall–Kier alpha value is -1.92. The largest absolute Gasteiger partial charge is 0.497 e. The predicted octanol–water partition coefficient (Wildman–Crippen LogP) is 1.63. The van der Waals surface area contributed by atoms with Crippen molar-refractivity contribution in [1.29, 1.82) is 0 Å². The van der Waals surface area contributed by atoms with E-state index in [1.54, 1.807) is 7.11 Å². The first-order valence-corrected chi connectivity index (χ1v) is 10.4. The molecule has 2 aromatic rings. The molecule has 0 saturated carbocycles. The van der Waals surface area contributed by atoms with E-state index in [-0.39, 0.29) is 24.0 Å². The zero-order chi connectivity index (χ0) is 21.3. The van der Waals surface area contributed by atoms with E-state index in [1.807, 2.05) is 30.7 Å². The number of methoxy groups -OCH3 is 1. The van der Waals surface area contributed by atoms with Gasteiger partial charge in [-0.15, -0.1) is 34.2 Å². The van der Waals surface area contributed by atoms with Crippen LogP contribution in [0.2, 0.25) is 0 Å². The van der Waals surface area contributed by atoms with Crippen molar-refractivity contribution in [3.05, 3.63) is 41.0 Å². The molecule has 0 aliphatic carbocycles. The minimum Gasteiger partial charge on any atom is -0.497 e. The van der Waals surface area contributed by atoms with Crippen LogP contribution in [0, 0.1) is 13.8 Å². The predicted molar refractivity (Wildman–Crippen MR) is 132 cm³/mol. The molecule has 1 aromatic heterocycles. The Bertz CT molecular complexity index is 850. The number of halogens is 1. The lowest BCUT2D eigenvalue weighted by atomic mass is 10.1. The van der Waals surface area contributed by atoms with Gasteiger partial charge in [-0.05, 0) is 37.1 Å². The lowest BCUT2D eigenvalue weighted by molar-refractivity contribution is 0.0389. The number of hydrogen-bond acceptors (Lipinski definition) is 6. The summed E-state index contributed by atoms with van der Waals surface area (Å²) in [5.74, 6) is 3.36. The third-order valence-electron chi connectivity index (χ3n) is 5.19. The molecule has 0 amide bonds. The van der Waals surface area contributed by atoms with Crippen LogP contribution in [0.4, 0.5) is 0 Å². The number of aryl methyl sites for hydroxylation is 2. The monoisotopic (exact) mass is 543 g/mol. The molecule has 2 heterocycles. The number of morpholine rings is 1. The average Bonchev–Trinajstić information content (AvgIpc) is 3.07. The lowest BCUT2D eigenvalue weighted by Gasteiger charge is -2.26. The zero-order valence-corrected chi connectivity index (χ0v) is 21.2. The number of aliphatic imine (C=N–C) groups is 1. The number of nitrogens with one attached hydrogen (secondary N) is 2. The summed E-state index contributed by atoms with van der Waals surface area (Å²) in [6.45, 7) is 10.4. The van der Waals surface area contributed by atoms with Gasteiger partial charge in [-0.25, -0.2) is 4.99 Å². The SMILES string of the molecule is COc1cc(C)cc(CN=C(NCCN2CCOCC2)NCc2nnc(C)n2C)c1.I. The van der Waals surface area contributed by atoms with Gasteiger partial charge < -0.3 is 24.7 Å². The molecule has 2 N–H and O–H groups in total.